The molecule has 4 nitrogen and oxygen atoms in total. The van der Waals surface area contributed by atoms with E-state index < -0.39 is 0 Å². The standard InChI is InChI=1S/C20H21ClN2O2S/c21-17-8-6-15(7-9-17)13-26-14-19(24)22-18-4-1-3-16(11-18)12-23-10-2-5-20(23)25/h1,3-4,6-9,11H,2,5,10,12-14H2,(H,22,24). The average molecular weight is 389 g/mol. The largest absolute Gasteiger partial charge is 0.338 e. The molecular weight excluding hydrogens is 368 g/mol. The van der Waals surface area contributed by atoms with Gasteiger partial charge in [0.2, 0.25) is 11.8 Å². The molecule has 1 fully saturated rings. The molecule has 0 unspecified atom stereocenters. The molecule has 2 amide bonds. The second-order valence-electron chi connectivity index (χ2n) is 6.29. The van der Waals surface area contributed by atoms with Gasteiger partial charge in [-0.3, -0.25) is 9.59 Å². The van der Waals surface area contributed by atoms with E-state index in [4.69, 9.17) is 11.6 Å². The third kappa shape index (κ3) is 5.51. The van der Waals surface area contributed by atoms with Crippen molar-refractivity contribution in [3.8, 4) is 0 Å². The fraction of sp³-hybridized carbons (Fsp3) is 0.300. The van der Waals surface area contributed by atoms with Crippen LogP contribution in [0.1, 0.15) is 24.0 Å². The minimum atomic E-state index is -0.0293. The lowest BCUT2D eigenvalue weighted by Gasteiger charge is -2.16. The van der Waals surface area contributed by atoms with Crippen LogP contribution in [-0.2, 0) is 21.9 Å². The highest BCUT2D eigenvalue weighted by Crippen LogP contribution is 2.18. The lowest BCUT2D eigenvalue weighted by Crippen LogP contribution is -2.23. The van der Waals surface area contributed by atoms with Crippen molar-refractivity contribution in [3.63, 3.8) is 0 Å². The molecule has 0 bridgehead atoms. The first-order valence-corrected chi connectivity index (χ1v) is 10.1. The van der Waals surface area contributed by atoms with Gasteiger partial charge in [-0.05, 0) is 41.8 Å². The molecule has 1 aliphatic rings. The Morgan fingerprint density at radius 1 is 1.15 bits per heavy atom. The fourth-order valence-corrected chi connectivity index (χ4v) is 3.79. The van der Waals surface area contributed by atoms with Crippen LogP contribution in [-0.4, -0.2) is 29.0 Å². The number of carbonyl (C=O) groups is 2. The zero-order valence-corrected chi connectivity index (χ0v) is 16.0. The van der Waals surface area contributed by atoms with Gasteiger partial charge >= 0.3 is 0 Å². The van der Waals surface area contributed by atoms with E-state index in [0.29, 0.717) is 23.7 Å². The van der Waals surface area contributed by atoms with E-state index in [1.165, 1.54) is 0 Å². The second kappa shape index (κ2) is 9.10. The SMILES string of the molecule is O=C(CSCc1ccc(Cl)cc1)Nc1cccc(CN2CCCC2=O)c1. The number of nitrogens with zero attached hydrogens (tertiary/aromatic N) is 1. The molecule has 2 aromatic carbocycles. The van der Waals surface area contributed by atoms with E-state index in [2.05, 4.69) is 5.32 Å². The Bertz CT molecular complexity index is 780. The van der Waals surface area contributed by atoms with Gasteiger partial charge in [0, 0.05) is 36.0 Å². The second-order valence-corrected chi connectivity index (χ2v) is 7.71. The quantitative estimate of drug-likeness (QED) is 0.767. The topological polar surface area (TPSA) is 49.4 Å². The highest BCUT2D eigenvalue weighted by Gasteiger charge is 2.20. The number of nitrogens with one attached hydrogen (secondary N) is 1. The molecule has 3 rings (SSSR count). The summed E-state index contributed by atoms with van der Waals surface area (Å²) >= 11 is 7.43. The van der Waals surface area contributed by atoms with E-state index in [1.54, 1.807) is 11.8 Å². The number of benzene rings is 2. The molecule has 2 aromatic rings. The molecule has 0 saturated carbocycles. The summed E-state index contributed by atoms with van der Waals surface area (Å²) in [6, 6.07) is 15.3. The molecule has 136 valence electrons. The van der Waals surface area contributed by atoms with Crippen LogP contribution in [0.15, 0.2) is 48.5 Å². The van der Waals surface area contributed by atoms with Gasteiger partial charge in [-0.25, -0.2) is 0 Å². The summed E-state index contributed by atoms with van der Waals surface area (Å²) in [6.07, 6.45) is 1.57. The van der Waals surface area contributed by atoms with Crippen LogP contribution in [0.3, 0.4) is 0 Å². The zero-order valence-electron chi connectivity index (χ0n) is 14.4. The molecule has 1 N–H and O–H groups in total. The van der Waals surface area contributed by atoms with Crippen LogP contribution < -0.4 is 5.32 Å². The van der Waals surface area contributed by atoms with Crippen LogP contribution >= 0.6 is 23.4 Å². The van der Waals surface area contributed by atoms with Crippen molar-refractivity contribution in [1.82, 2.24) is 4.90 Å². The molecule has 0 atom stereocenters. The van der Waals surface area contributed by atoms with Gasteiger partial charge in [0.15, 0.2) is 0 Å². The van der Waals surface area contributed by atoms with Crippen LogP contribution in [0.5, 0.6) is 0 Å². The average Bonchev–Trinajstić information content (AvgIpc) is 3.02. The summed E-state index contributed by atoms with van der Waals surface area (Å²) in [5, 5.41) is 3.64. The summed E-state index contributed by atoms with van der Waals surface area (Å²) in [5.41, 5.74) is 2.95. The van der Waals surface area contributed by atoms with Crippen molar-refractivity contribution in [2.75, 3.05) is 17.6 Å². The summed E-state index contributed by atoms with van der Waals surface area (Å²) < 4.78 is 0. The molecular formula is C20H21ClN2O2S. The van der Waals surface area contributed by atoms with Gasteiger partial charge in [-0.1, -0.05) is 35.9 Å². The number of hydrogen-bond donors (Lipinski definition) is 1. The van der Waals surface area contributed by atoms with Gasteiger partial charge in [-0.15, -0.1) is 11.8 Å². The van der Waals surface area contributed by atoms with Gasteiger partial charge < -0.3 is 10.2 Å². The molecule has 0 spiro atoms. The first-order chi connectivity index (χ1) is 12.6. The van der Waals surface area contributed by atoms with Crippen LogP contribution in [0.25, 0.3) is 0 Å². The van der Waals surface area contributed by atoms with Crippen molar-refractivity contribution in [1.29, 1.82) is 0 Å². The Hall–Kier alpha value is -1.98. The van der Waals surface area contributed by atoms with E-state index in [1.807, 2.05) is 53.4 Å². The van der Waals surface area contributed by atoms with Crippen LogP contribution in [0.4, 0.5) is 5.69 Å². The maximum atomic E-state index is 12.1. The maximum Gasteiger partial charge on any atom is 0.234 e. The number of anilines is 1. The van der Waals surface area contributed by atoms with Crippen molar-refractivity contribution in [2.45, 2.75) is 25.1 Å². The zero-order chi connectivity index (χ0) is 18.4. The highest BCUT2D eigenvalue weighted by atomic mass is 35.5. The molecule has 0 aromatic heterocycles. The normalized spacial score (nSPS) is 13.9. The first-order valence-electron chi connectivity index (χ1n) is 8.59. The van der Waals surface area contributed by atoms with Crippen LogP contribution in [0.2, 0.25) is 5.02 Å². The maximum absolute atomic E-state index is 12.1. The monoisotopic (exact) mass is 388 g/mol. The van der Waals surface area contributed by atoms with E-state index >= 15 is 0 Å². The van der Waals surface area contributed by atoms with Gasteiger partial charge in [-0.2, -0.15) is 0 Å². The number of amides is 2. The summed E-state index contributed by atoms with van der Waals surface area (Å²) in [6.45, 7) is 1.42. The summed E-state index contributed by atoms with van der Waals surface area (Å²) in [5.74, 6) is 1.33. The Morgan fingerprint density at radius 2 is 1.96 bits per heavy atom. The first kappa shape index (κ1) is 18.8. The number of hydrogen-bond acceptors (Lipinski definition) is 3. The van der Waals surface area contributed by atoms with Crippen molar-refractivity contribution in [3.05, 3.63) is 64.7 Å². The van der Waals surface area contributed by atoms with E-state index in [0.717, 1.165) is 35.5 Å². The van der Waals surface area contributed by atoms with Gasteiger partial charge in [0.25, 0.3) is 0 Å². The predicted octanol–water partition coefficient (Wildman–Crippen LogP) is 4.33. The Labute approximate surface area is 162 Å². The molecule has 0 aliphatic carbocycles. The van der Waals surface area contributed by atoms with Gasteiger partial charge in [0.05, 0.1) is 5.75 Å². The predicted molar refractivity (Wildman–Crippen MR) is 107 cm³/mol. The minimum Gasteiger partial charge on any atom is -0.338 e. The number of likely N-dealkylation sites (tertiary alicyclic amines) is 1. The molecule has 1 aliphatic heterocycles. The Kier molecular flexibility index (Phi) is 6.58. The van der Waals surface area contributed by atoms with Crippen molar-refractivity contribution < 1.29 is 9.59 Å². The third-order valence-electron chi connectivity index (χ3n) is 4.17. The Morgan fingerprint density at radius 3 is 2.69 bits per heavy atom. The minimum absolute atomic E-state index is 0.0293. The van der Waals surface area contributed by atoms with Crippen molar-refractivity contribution >= 4 is 40.9 Å². The third-order valence-corrected chi connectivity index (χ3v) is 5.43. The molecule has 1 heterocycles. The lowest BCUT2D eigenvalue weighted by atomic mass is 10.2. The lowest BCUT2D eigenvalue weighted by molar-refractivity contribution is -0.128. The number of halogens is 1. The summed E-state index contributed by atoms with van der Waals surface area (Å²) in [7, 11) is 0. The smallest absolute Gasteiger partial charge is 0.234 e. The number of rotatable bonds is 7. The molecule has 26 heavy (non-hydrogen) atoms. The number of carbonyl (C=O) groups excluding carboxylic acids is 2. The molecule has 1 saturated heterocycles. The van der Waals surface area contributed by atoms with Crippen molar-refractivity contribution in [2.24, 2.45) is 0 Å². The van der Waals surface area contributed by atoms with Gasteiger partial charge in [0.1, 0.15) is 0 Å². The van der Waals surface area contributed by atoms with E-state index in [9.17, 15) is 9.59 Å². The number of thioether (sulfide) groups is 1. The highest BCUT2D eigenvalue weighted by molar-refractivity contribution is 7.99. The summed E-state index contributed by atoms with van der Waals surface area (Å²) in [4.78, 5) is 25.8. The van der Waals surface area contributed by atoms with Crippen LogP contribution in [0, 0.1) is 0 Å². The fourth-order valence-electron chi connectivity index (χ4n) is 2.88. The molecule has 0 radical (unpaired) electrons. The van der Waals surface area contributed by atoms with E-state index in [-0.39, 0.29) is 11.8 Å². The molecule has 6 heteroatoms. The Balaban J connectivity index is 1.47.